The van der Waals surface area contributed by atoms with Gasteiger partial charge in [0.25, 0.3) is 0 Å². The van der Waals surface area contributed by atoms with Crippen molar-refractivity contribution in [1.82, 2.24) is 14.8 Å². The van der Waals surface area contributed by atoms with Crippen LogP contribution in [-0.4, -0.2) is 40.6 Å². The number of hydrogen-bond acceptors (Lipinski definition) is 8. The second kappa shape index (κ2) is 12.1. The summed E-state index contributed by atoms with van der Waals surface area (Å²) in [5.74, 6) is 1.41. The summed E-state index contributed by atoms with van der Waals surface area (Å²) in [6.07, 6.45) is 4.94. The van der Waals surface area contributed by atoms with Gasteiger partial charge < -0.3 is 19.5 Å². The standard InChI is InChI=1S/C29H33FN4O4S/c1-4-37-23-15-14-19(16-24(23)36-3)26-25(27(35)38-21-11-6-5-7-12-21)18(2)31-28-32-29(33-34(26)28)39-17-20-10-8-9-13-22(20)30/h8-10,13-16,21,26H,4-7,11-12,17H2,1-3H3,(H,31,32,33). The highest BCUT2D eigenvalue weighted by Gasteiger charge is 2.37. The lowest BCUT2D eigenvalue weighted by atomic mass is 9.94. The predicted octanol–water partition coefficient (Wildman–Crippen LogP) is 6.28. The zero-order valence-electron chi connectivity index (χ0n) is 22.4. The maximum Gasteiger partial charge on any atom is 0.338 e. The number of anilines is 1. The summed E-state index contributed by atoms with van der Waals surface area (Å²) < 4.78 is 33.2. The van der Waals surface area contributed by atoms with Gasteiger partial charge in [0.15, 0.2) is 11.5 Å². The smallest absolute Gasteiger partial charge is 0.338 e. The zero-order valence-corrected chi connectivity index (χ0v) is 23.2. The van der Waals surface area contributed by atoms with Crippen LogP contribution in [0.25, 0.3) is 0 Å². The summed E-state index contributed by atoms with van der Waals surface area (Å²) in [7, 11) is 1.59. The average Bonchev–Trinajstić information content (AvgIpc) is 3.35. The van der Waals surface area contributed by atoms with Crippen LogP contribution >= 0.6 is 11.8 Å². The first-order valence-electron chi connectivity index (χ1n) is 13.3. The molecule has 1 aliphatic carbocycles. The first-order chi connectivity index (χ1) is 19.0. The Kier molecular flexibility index (Phi) is 8.40. The Balaban J connectivity index is 1.50. The summed E-state index contributed by atoms with van der Waals surface area (Å²) in [4.78, 5) is 18.3. The van der Waals surface area contributed by atoms with Crippen LogP contribution in [-0.2, 0) is 15.3 Å². The molecule has 0 amide bonds. The number of rotatable bonds is 9. The van der Waals surface area contributed by atoms with Gasteiger partial charge in [0.1, 0.15) is 18.0 Å². The molecule has 0 bridgehead atoms. The lowest BCUT2D eigenvalue weighted by Gasteiger charge is -2.30. The van der Waals surface area contributed by atoms with Crippen molar-refractivity contribution in [2.24, 2.45) is 0 Å². The second-order valence-electron chi connectivity index (χ2n) is 9.62. The van der Waals surface area contributed by atoms with Crippen molar-refractivity contribution in [3.05, 3.63) is 70.7 Å². The number of benzene rings is 2. The minimum atomic E-state index is -0.600. The van der Waals surface area contributed by atoms with E-state index in [1.807, 2.05) is 32.0 Å². The molecule has 5 rings (SSSR count). The van der Waals surface area contributed by atoms with E-state index in [1.165, 1.54) is 24.2 Å². The number of carbonyl (C=O) groups excluding carboxylic acids is 1. The third kappa shape index (κ3) is 5.90. The van der Waals surface area contributed by atoms with E-state index in [0.717, 1.165) is 31.2 Å². The zero-order chi connectivity index (χ0) is 27.4. The van der Waals surface area contributed by atoms with E-state index >= 15 is 0 Å². The molecule has 0 saturated heterocycles. The number of allylic oxidation sites excluding steroid dienone is 1. The Morgan fingerprint density at radius 3 is 2.69 bits per heavy atom. The number of thioether (sulfide) groups is 1. The first kappa shape index (κ1) is 27.1. The van der Waals surface area contributed by atoms with Crippen LogP contribution < -0.4 is 14.8 Å². The second-order valence-corrected chi connectivity index (χ2v) is 10.6. The molecule has 2 aromatic carbocycles. The third-order valence-corrected chi connectivity index (χ3v) is 7.88. The van der Waals surface area contributed by atoms with Crippen molar-refractivity contribution in [1.29, 1.82) is 0 Å². The fraction of sp³-hybridized carbons (Fsp3) is 0.414. The highest BCUT2D eigenvalue weighted by atomic mass is 32.2. The lowest BCUT2D eigenvalue weighted by Crippen LogP contribution is -2.32. The highest BCUT2D eigenvalue weighted by Crippen LogP contribution is 2.40. The SMILES string of the molecule is CCOc1ccc(C2C(C(=O)OC3CCCCC3)=C(C)Nc3nc(SCc4ccccc4F)nn32)cc1OC. The van der Waals surface area contributed by atoms with E-state index in [0.29, 0.717) is 51.8 Å². The molecule has 206 valence electrons. The minimum Gasteiger partial charge on any atom is -0.493 e. The summed E-state index contributed by atoms with van der Waals surface area (Å²) in [5, 5.41) is 8.46. The van der Waals surface area contributed by atoms with Crippen LogP contribution in [0.15, 0.2) is 58.9 Å². The first-order valence-corrected chi connectivity index (χ1v) is 14.3. The molecule has 3 aromatic rings. The molecule has 0 spiro atoms. The van der Waals surface area contributed by atoms with Gasteiger partial charge in [-0.3, -0.25) is 0 Å². The highest BCUT2D eigenvalue weighted by molar-refractivity contribution is 7.98. The van der Waals surface area contributed by atoms with E-state index in [-0.39, 0.29) is 17.9 Å². The summed E-state index contributed by atoms with van der Waals surface area (Å²) >= 11 is 1.33. The Labute approximate surface area is 231 Å². The molecular weight excluding hydrogens is 519 g/mol. The van der Waals surface area contributed by atoms with Crippen molar-refractivity contribution in [2.75, 3.05) is 19.0 Å². The van der Waals surface area contributed by atoms with Gasteiger partial charge in [-0.25, -0.2) is 13.9 Å². The van der Waals surface area contributed by atoms with Crippen LogP contribution in [0.1, 0.15) is 63.1 Å². The van der Waals surface area contributed by atoms with E-state index < -0.39 is 6.04 Å². The number of fused-ring (bicyclic) bond motifs is 1. The molecule has 10 heteroatoms. The quantitative estimate of drug-likeness (QED) is 0.245. The number of halogens is 1. The minimum absolute atomic E-state index is 0.0916. The molecule has 2 heterocycles. The maximum atomic E-state index is 14.2. The van der Waals surface area contributed by atoms with E-state index in [9.17, 15) is 9.18 Å². The van der Waals surface area contributed by atoms with Crippen LogP contribution in [0.3, 0.4) is 0 Å². The largest absolute Gasteiger partial charge is 0.493 e. The molecule has 1 aliphatic heterocycles. The van der Waals surface area contributed by atoms with Crippen molar-refractivity contribution >= 4 is 23.7 Å². The van der Waals surface area contributed by atoms with Gasteiger partial charge in [0, 0.05) is 11.4 Å². The Morgan fingerprint density at radius 1 is 1.15 bits per heavy atom. The Bertz CT molecular complexity index is 1370. The summed E-state index contributed by atoms with van der Waals surface area (Å²) in [6.45, 7) is 4.26. The Morgan fingerprint density at radius 2 is 1.95 bits per heavy atom. The molecular formula is C29H33FN4O4S. The van der Waals surface area contributed by atoms with Gasteiger partial charge in [0.05, 0.1) is 19.3 Å². The van der Waals surface area contributed by atoms with Crippen molar-refractivity contribution < 1.29 is 23.4 Å². The number of aromatic nitrogens is 3. The molecule has 1 unspecified atom stereocenters. The molecule has 1 atom stereocenters. The molecule has 2 aliphatic rings. The number of esters is 1. The van der Waals surface area contributed by atoms with E-state index in [2.05, 4.69) is 10.3 Å². The number of hydrogen-bond donors (Lipinski definition) is 1. The van der Waals surface area contributed by atoms with Crippen molar-refractivity contribution in [3.63, 3.8) is 0 Å². The molecule has 8 nitrogen and oxygen atoms in total. The fourth-order valence-corrected chi connectivity index (χ4v) is 5.87. The fourth-order valence-electron chi connectivity index (χ4n) is 5.05. The number of carbonyl (C=O) groups is 1. The molecule has 1 fully saturated rings. The third-order valence-electron chi connectivity index (χ3n) is 7.00. The van der Waals surface area contributed by atoms with Crippen molar-refractivity contribution in [2.45, 2.75) is 69.0 Å². The van der Waals surface area contributed by atoms with Gasteiger partial charge in [-0.15, -0.1) is 5.10 Å². The van der Waals surface area contributed by atoms with Gasteiger partial charge in [-0.2, -0.15) is 4.98 Å². The van der Waals surface area contributed by atoms with E-state index in [1.54, 1.807) is 30.0 Å². The van der Waals surface area contributed by atoms with Gasteiger partial charge in [-0.05, 0) is 68.9 Å². The molecule has 1 aromatic heterocycles. The molecule has 1 N–H and O–H groups in total. The average molecular weight is 553 g/mol. The lowest BCUT2D eigenvalue weighted by molar-refractivity contribution is -0.146. The summed E-state index contributed by atoms with van der Waals surface area (Å²) in [6, 6.07) is 11.7. The van der Waals surface area contributed by atoms with E-state index in [4.69, 9.17) is 19.3 Å². The molecule has 1 saturated carbocycles. The number of ether oxygens (including phenoxy) is 3. The maximum absolute atomic E-state index is 14.2. The van der Waals surface area contributed by atoms with Crippen LogP contribution in [0, 0.1) is 5.82 Å². The topological polar surface area (TPSA) is 87.5 Å². The van der Waals surface area contributed by atoms with Crippen LogP contribution in [0.5, 0.6) is 11.5 Å². The van der Waals surface area contributed by atoms with Gasteiger partial charge in [-0.1, -0.05) is 42.4 Å². The predicted molar refractivity (Wildman–Crippen MR) is 148 cm³/mol. The van der Waals surface area contributed by atoms with Gasteiger partial charge >= 0.3 is 5.97 Å². The number of nitrogens with one attached hydrogen (secondary N) is 1. The van der Waals surface area contributed by atoms with Crippen LogP contribution in [0.4, 0.5) is 10.3 Å². The van der Waals surface area contributed by atoms with Crippen LogP contribution in [0.2, 0.25) is 0 Å². The van der Waals surface area contributed by atoms with Gasteiger partial charge in [0.2, 0.25) is 11.1 Å². The molecule has 0 radical (unpaired) electrons. The van der Waals surface area contributed by atoms with Crippen molar-refractivity contribution in [3.8, 4) is 11.5 Å². The number of nitrogens with zero attached hydrogens (tertiary/aromatic N) is 3. The molecule has 39 heavy (non-hydrogen) atoms. The summed E-state index contributed by atoms with van der Waals surface area (Å²) in [5.41, 5.74) is 2.47. The Hall–Kier alpha value is -3.53. The monoisotopic (exact) mass is 552 g/mol. The normalized spacial score (nSPS) is 17.4. The number of methoxy groups -OCH3 is 1.